The summed E-state index contributed by atoms with van der Waals surface area (Å²) in [5.41, 5.74) is 1.56. The van der Waals surface area contributed by atoms with Crippen LogP contribution in [0.3, 0.4) is 0 Å². The Morgan fingerprint density at radius 1 is 1.45 bits per heavy atom. The molecule has 0 aliphatic heterocycles. The number of fused-ring (bicyclic) bond motifs is 1. The second kappa shape index (κ2) is 6.13. The van der Waals surface area contributed by atoms with E-state index >= 15 is 0 Å². The lowest BCUT2D eigenvalue weighted by molar-refractivity contribution is -0.143. The van der Waals surface area contributed by atoms with Crippen molar-refractivity contribution in [3.63, 3.8) is 0 Å². The summed E-state index contributed by atoms with van der Waals surface area (Å²) in [6, 6.07) is 5.15. The number of carbonyl (C=O) groups excluding carboxylic acids is 1. The van der Waals surface area contributed by atoms with Gasteiger partial charge < -0.3 is 14.0 Å². The second-order valence-corrected chi connectivity index (χ2v) is 4.74. The molecule has 1 unspecified atom stereocenters. The molecule has 0 saturated heterocycles. The molecule has 0 aliphatic carbocycles. The Hall–Kier alpha value is -1.75. The zero-order chi connectivity index (χ0) is 14.7. The zero-order valence-corrected chi connectivity index (χ0v) is 12.5. The van der Waals surface area contributed by atoms with Gasteiger partial charge in [0.15, 0.2) is 0 Å². The number of hydrogen-bond donors (Lipinski definition) is 0. The first-order chi connectivity index (χ1) is 9.63. The number of methoxy groups -OCH3 is 2. The van der Waals surface area contributed by atoms with E-state index in [1.54, 1.807) is 14.0 Å². The zero-order valence-electron chi connectivity index (χ0n) is 11.7. The third-order valence-corrected chi connectivity index (χ3v) is 3.41. The normalized spacial score (nSPS) is 12.4. The number of aryl methyl sites for hydroxylation is 1. The van der Waals surface area contributed by atoms with E-state index in [0.717, 1.165) is 16.9 Å². The highest BCUT2D eigenvalue weighted by molar-refractivity contribution is 6.17. The number of carbonyl (C=O) groups is 1. The molecule has 2 aromatic rings. The summed E-state index contributed by atoms with van der Waals surface area (Å²) in [7, 11) is 2.97. The van der Waals surface area contributed by atoms with Gasteiger partial charge in [-0.1, -0.05) is 6.07 Å². The Morgan fingerprint density at radius 3 is 2.80 bits per heavy atom. The molecule has 0 fully saturated rings. The number of alkyl halides is 1. The first-order valence-electron chi connectivity index (χ1n) is 6.31. The van der Waals surface area contributed by atoms with Crippen molar-refractivity contribution in [2.75, 3.05) is 20.1 Å². The van der Waals surface area contributed by atoms with Crippen molar-refractivity contribution in [2.45, 2.75) is 19.4 Å². The lowest BCUT2D eigenvalue weighted by Gasteiger charge is -2.15. The molecule has 0 aliphatic rings. The van der Waals surface area contributed by atoms with Crippen molar-refractivity contribution < 1.29 is 14.3 Å². The maximum Gasteiger partial charge on any atom is 0.328 e. The van der Waals surface area contributed by atoms with E-state index in [1.807, 2.05) is 22.8 Å². The third-order valence-electron chi connectivity index (χ3n) is 3.22. The SMILES string of the molecule is COC(=O)C(C)n1c(CCCl)nc2c(OC)cccc21. The summed E-state index contributed by atoms with van der Waals surface area (Å²) in [5, 5.41) is 0. The Kier molecular flexibility index (Phi) is 4.49. The molecule has 5 nitrogen and oxygen atoms in total. The van der Waals surface area contributed by atoms with Gasteiger partial charge in [-0.25, -0.2) is 9.78 Å². The van der Waals surface area contributed by atoms with Crippen LogP contribution in [0.1, 0.15) is 18.8 Å². The molecular formula is C14H17ClN2O3. The molecule has 0 bridgehead atoms. The molecule has 0 N–H and O–H groups in total. The molecule has 1 heterocycles. The average Bonchev–Trinajstić information content (AvgIpc) is 2.83. The number of benzene rings is 1. The summed E-state index contributed by atoms with van der Waals surface area (Å²) in [4.78, 5) is 16.4. The predicted octanol–water partition coefficient (Wildman–Crippen LogP) is 2.56. The number of rotatable bonds is 5. The number of nitrogens with zero attached hydrogens (tertiary/aromatic N) is 2. The molecule has 6 heteroatoms. The second-order valence-electron chi connectivity index (χ2n) is 4.36. The summed E-state index contributed by atoms with van der Waals surface area (Å²) >= 11 is 5.83. The van der Waals surface area contributed by atoms with Crippen LogP contribution in [0.2, 0.25) is 0 Å². The van der Waals surface area contributed by atoms with E-state index in [4.69, 9.17) is 21.1 Å². The molecule has 0 spiro atoms. The van der Waals surface area contributed by atoms with E-state index in [-0.39, 0.29) is 5.97 Å². The summed E-state index contributed by atoms with van der Waals surface area (Å²) in [6.45, 7) is 1.78. The van der Waals surface area contributed by atoms with Crippen LogP contribution in [-0.2, 0) is 16.0 Å². The van der Waals surface area contributed by atoms with Crippen molar-refractivity contribution >= 4 is 28.6 Å². The van der Waals surface area contributed by atoms with Crippen molar-refractivity contribution in [1.82, 2.24) is 9.55 Å². The Morgan fingerprint density at radius 2 is 2.20 bits per heavy atom. The van der Waals surface area contributed by atoms with Gasteiger partial charge in [-0.05, 0) is 19.1 Å². The highest BCUT2D eigenvalue weighted by atomic mass is 35.5. The van der Waals surface area contributed by atoms with Gasteiger partial charge in [0.1, 0.15) is 23.1 Å². The minimum absolute atomic E-state index is 0.317. The van der Waals surface area contributed by atoms with Crippen LogP contribution in [0, 0.1) is 0 Å². The lowest BCUT2D eigenvalue weighted by Crippen LogP contribution is -2.20. The van der Waals surface area contributed by atoms with Gasteiger partial charge in [0.25, 0.3) is 0 Å². The van der Waals surface area contributed by atoms with Crippen molar-refractivity contribution in [3.8, 4) is 5.75 Å². The van der Waals surface area contributed by atoms with Gasteiger partial charge in [0.2, 0.25) is 0 Å². The van der Waals surface area contributed by atoms with E-state index in [0.29, 0.717) is 18.1 Å². The minimum Gasteiger partial charge on any atom is -0.494 e. The first kappa shape index (κ1) is 14.7. The molecule has 2 rings (SSSR count). The maximum atomic E-state index is 11.8. The molecule has 1 aromatic heterocycles. The van der Waals surface area contributed by atoms with E-state index < -0.39 is 6.04 Å². The van der Waals surface area contributed by atoms with E-state index in [9.17, 15) is 4.79 Å². The number of halogens is 1. The number of para-hydroxylation sites is 1. The fraction of sp³-hybridized carbons (Fsp3) is 0.429. The molecule has 108 valence electrons. The molecule has 1 atom stereocenters. The predicted molar refractivity (Wildman–Crippen MR) is 77.4 cm³/mol. The minimum atomic E-state index is -0.463. The Balaban J connectivity index is 2.66. The van der Waals surface area contributed by atoms with Gasteiger partial charge in [0, 0.05) is 12.3 Å². The third kappa shape index (κ3) is 2.45. The first-order valence-corrected chi connectivity index (χ1v) is 6.85. The largest absolute Gasteiger partial charge is 0.494 e. The van der Waals surface area contributed by atoms with Crippen LogP contribution in [0.25, 0.3) is 11.0 Å². The van der Waals surface area contributed by atoms with Crippen molar-refractivity contribution in [2.24, 2.45) is 0 Å². The fourth-order valence-electron chi connectivity index (χ4n) is 2.27. The maximum absolute atomic E-state index is 11.8. The number of hydrogen-bond acceptors (Lipinski definition) is 4. The van der Waals surface area contributed by atoms with Crippen molar-refractivity contribution in [3.05, 3.63) is 24.0 Å². The number of esters is 1. The Labute approximate surface area is 122 Å². The monoisotopic (exact) mass is 296 g/mol. The summed E-state index contributed by atoms with van der Waals surface area (Å²) < 4.78 is 12.0. The molecule has 20 heavy (non-hydrogen) atoms. The Bertz CT molecular complexity index is 624. The lowest BCUT2D eigenvalue weighted by atomic mass is 10.2. The van der Waals surface area contributed by atoms with Gasteiger partial charge in [0.05, 0.1) is 19.7 Å². The highest BCUT2D eigenvalue weighted by Gasteiger charge is 2.23. The van der Waals surface area contributed by atoms with Crippen LogP contribution in [-0.4, -0.2) is 35.6 Å². The topological polar surface area (TPSA) is 53.4 Å². The van der Waals surface area contributed by atoms with Crippen LogP contribution in [0.5, 0.6) is 5.75 Å². The molecule has 0 radical (unpaired) electrons. The number of aromatic nitrogens is 2. The van der Waals surface area contributed by atoms with Crippen LogP contribution in [0.4, 0.5) is 0 Å². The van der Waals surface area contributed by atoms with Crippen molar-refractivity contribution in [1.29, 1.82) is 0 Å². The van der Waals surface area contributed by atoms with Crippen LogP contribution < -0.4 is 4.74 Å². The molecular weight excluding hydrogens is 280 g/mol. The highest BCUT2D eigenvalue weighted by Crippen LogP contribution is 2.29. The molecule has 1 aromatic carbocycles. The standard InChI is InChI=1S/C14H17ClN2O3/c1-9(14(18)20-3)17-10-5-4-6-11(19-2)13(10)16-12(17)7-8-15/h4-6,9H,7-8H2,1-3H3. The summed E-state index contributed by atoms with van der Waals surface area (Å²) in [6.07, 6.45) is 0.570. The number of ether oxygens (including phenoxy) is 2. The van der Waals surface area contributed by atoms with Crippen LogP contribution >= 0.6 is 11.6 Å². The van der Waals surface area contributed by atoms with Gasteiger partial charge >= 0.3 is 5.97 Å². The smallest absolute Gasteiger partial charge is 0.328 e. The molecule has 0 amide bonds. The van der Waals surface area contributed by atoms with Gasteiger partial charge in [-0.15, -0.1) is 11.6 Å². The number of imidazole rings is 1. The quantitative estimate of drug-likeness (QED) is 0.628. The fourth-order valence-corrected chi connectivity index (χ4v) is 2.44. The van der Waals surface area contributed by atoms with Gasteiger partial charge in [-0.3, -0.25) is 0 Å². The van der Waals surface area contributed by atoms with Crippen LogP contribution in [0.15, 0.2) is 18.2 Å². The van der Waals surface area contributed by atoms with Gasteiger partial charge in [-0.2, -0.15) is 0 Å². The summed E-state index contributed by atoms with van der Waals surface area (Å²) in [5.74, 6) is 1.54. The average molecular weight is 297 g/mol. The molecule has 0 saturated carbocycles. The van der Waals surface area contributed by atoms with E-state index in [2.05, 4.69) is 4.98 Å². The van der Waals surface area contributed by atoms with E-state index in [1.165, 1.54) is 7.11 Å².